The fourth-order valence-electron chi connectivity index (χ4n) is 1.69. The van der Waals surface area contributed by atoms with Gasteiger partial charge in [-0.05, 0) is 32.0 Å². The summed E-state index contributed by atoms with van der Waals surface area (Å²) in [5.74, 6) is -0.0193. The summed E-state index contributed by atoms with van der Waals surface area (Å²) in [5.41, 5.74) is 2.30. The van der Waals surface area contributed by atoms with Crippen LogP contribution in [0.15, 0.2) is 24.3 Å². The van der Waals surface area contributed by atoms with Crippen LogP contribution in [0.4, 0.5) is 0 Å². The minimum absolute atomic E-state index is 0.0193. The van der Waals surface area contributed by atoms with E-state index in [0.29, 0.717) is 13.1 Å². The molecule has 2 N–H and O–H groups in total. The summed E-state index contributed by atoms with van der Waals surface area (Å²) in [4.78, 5) is 13.7. The van der Waals surface area contributed by atoms with Gasteiger partial charge in [0.2, 0.25) is 5.91 Å². The smallest absolute Gasteiger partial charge is 0.237 e. The number of hydrogen-bond donors (Lipinski definition) is 2. The van der Waals surface area contributed by atoms with Gasteiger partial charge >= 0.3 is 0 Å². The molecule has 1 aromatic carbocycles. The molecule has 0 spiro atoms. The van der Waals surface area contributed by atoms with Crippen molar-refractivity contribution in [3.8, 4) is 0 Å². The first-order valence-corrected chi connectivity index (χ1v) is 6.19. The third-order valence-electron chi connectivity index (χ3n) is 3.21. The molecular formula is C14H22N2O2. The van der Waals surface area contributed by atoms with Crippen molar-refractivity contribution in [2.45, 2.75) is 26.4 Å². The fraction of sp³-hybridized carbons (Fsp3) is 0.500. The largest absolute Gasteiger partial charge is 0.395 e. The van der Waals surface area contributed by atoms with Gasteiger partial charge in [0, 0.05) is 13.1 Å². The van der Waals surface area contributed by atoms with Gasteiger partial charge in [0.25, 0.3) is 0 Å². The highest BCUT2D eigenvalue weighted by molar-refractivity contribution is 5.81. The Kier molecular flexibility index (Phi) is 5.82. The van der Waals surface area contributed by atoms with E-state index in [1.807, 2.05) is 50.1 Å². The van der Waals surface area contributed by atoms with Gasteiger partial charge < -0.3 is 10.4 Å². The molecule has 0 saturated carbocycles. The summed E-state index contributed by atoms with van der Waals surface area (Å²) < 4.78 is 0. The highest BCUT2D eigenvalue weighted by Gasteiger charge is 2.16. The summed E-state index contributed by atoms with van der Waals surface area (Å²) in [7, 11) is 1.83. The SMILES string of the molecule is Cc1ccccc1CNC(=O)C(C)N(C)CCO. The lowest BCUT2D eigenvalue weighted by atomic mass is 10.1. The third kappa shape index (κ3) is 4.13. The maximum atomic E-state index is 11.9. The molecule has 1 atom stereocenters. The molecule has 0 radical (unpaired) electrons. The molecule has 0 aliphatic rings. The number of likely N-dealkylation sites (N-methyl/N-ethyl adjacent to an activating group) is 1. The van der Waals surface area contributed by atoms with E-state index in [-0.39, 0.29) is 18.6 Å². The molecule has 4 nitrogen and oxygen atoms in total. The second-order valence-corrected chi connectivity index (χ2v) is 4.52. The second-order valence-electron chi connectivity index (χ2n) is 4.52. The summed E-state index contributed by atoms with van der Waals surface area (Å²) in [6.45, 7) is 4.97. The van der Waals surface area contributed by atoms with E-state index in [4.69, 9.17) is 5.11 Å². The standard InChI is InChI=1S/C14H22N2O2/c1-11-6-4-5-7-13(11)10-15-14(18)12(2)16(3)8-9-17/h4-7,12,17H,8-10H2,1-3H3,(H,15,18). The Hall–Kier alpha value is -1.39. The maximum Gasteiger partial charge on any atom is 0.237 e. The zero-order valence-electron chi connectivity index (χ0n) is 11.3. The minimum Gasteiger partial charge on any atom is -0.395 e. The first-order valence-electron chi connectivity index (χ1n) is 6.19. The van der Waals surface area contributed by atoms with Crippen LogP contribution in [0.25, 0.3) is 0 Å². The van der Waals surface area contributed by atoms with Crippen molar-refractivity contribution < 1.29 is 9.90 Å². The van der Waals surface area contributed by atoms with E-state index in [1.54, 1.807) is 0 Å². The van der Waals surface area contributed by atoms with Crippen molar-refractivity contribution in [1.82, 2.24) is 10.2 Å². The Balaban J connectivity index is 2.48. The van der Waals surface area contributed by atoms with E-state index < -0.39 is 0 Å². The van der Waals surface area contributed by atoms with Crippen LogP contribution >= 0.6 is 0 Å². The molecule has 0 heterocycles. The summed E-state index contributed by atoms with van der Waals surface area (Å²) in [6.07, 6.45) is 0. The van der Waals surface area contributed by atoms with Crippen LogP contribution in [0.2, 0.25) is 0 Å². The fourth-order valence-corrected chi connectivity index (χ4v) is 1.69. The zero-order chi connectivity index (χ0) is 13.5. The molecule has 18 heavy (non-hydrogen) atoms. The molecule has 0 aliphatic heterocycles. The number of carbonyl (C=O) groups is 1. The molecule has 0 aliphatic carbocycles. The summed E-state index contributed by atoms with van der Waals surface area (Å²) >= 11 is 0. The molecular weight excluding hydrogens is 228 g/mol. The Morgan fingerprint density at radius 3 is 2.72 bits per heavy atom. The number of benzene rings is 1. The van der Waals surface area contributed by atoms with Crippen LogP contribution < -0.4 is 5.32 Å². The van der Waals surface area contributed by atoms with Gasteiger partial charge in [0.1, 0.15) is 0 Å². The lowest BCUT2D eigenvalue weighted by molar-refractivity contribution is -0.125. The monoisotopic (exact) mass is 250 g/mol. The van der Waals surface area contributed by atoms with E-state index in [0.717, 1.165) is 5.56 Å². The molecule has 1 rings (SSSR count). The minimum atomic E-state index is -0.235. The van der Waals surface area contributed by atoms with Gasteiger partial charge in [0.05, 0.1) is 12.6 Å². The van der Waals surface area contributed by atoms with E-state index in [2.05, 4.69) is 5.32 Å². The van der Waals surface area contributed by atoms with Crippen LogP contribution in [-0.4, -0.2) is 42.2 Å². The predicted octanol–water partition coefficient (Wildman–Crippen LogP) is 0.924. The Labute approximate surface area is 109 Å². The van der Waals surface area contributed by atoms with Crippen molar-refractivity contribution >= 4 is 5.91 Å². The van der Waals surface area contributed by atoms with Gasteiger partial charge in [-0.1, -0.05) is 24.3 Å². The lowest BCUT2D eigenvalue weighted by Gasteiger charge is -2.23. The molecule has 4 heteroatoms. The van der Waals surface area contributed by atoms with E-state index in [1.165, 1.54) is 5.56 Å². The predicted molar refractivity (Wildman–Crippen MR) is 72.2 cm³/mol. The number of carbonyl (C=O) groups excluding carboxylic acids is 1. The molecule has 1 amide bonds. The number of nitrogens with zero attached hydrogens (tertiary/aromatic N) is 1. The van der Waals surface area contributed by atoms with Crippen molar-refractivity contribution in [2.75, 3.05) is 20.2 Å². The quantitative estimate of drug-likeness (QED) is 0.789. The summed E-state index contributed by atoms with van der Waals surface area (Å²) in [5, 5.41) is 11.8. The van der Waals surface area contributed by atoms with Gasteiger partial charge in [-0.2, -0.15) is 0 Å². The van der Waals surface area contributed by atoms with Crippen molar-refractivity contribution in [3.05, 3.63) is 35.4 Å². The average Bonchev–Trinajstić information content (AvgIpc) is 2.36. The van der Waals surface area contributed by atoms with Crippen molar-refractivity contribution in [2.24, 2.45) is 0 Å². The normalized spacial score (nSPS) is 12.5. The molecule has 0 fully saturated rings. The van der Waals surface area contributed by atoms with E-state index in [9.17, 15) is 4.79 Å². The average molecular weight is 250 g/mol. The number of aliphatic hydroxyl groups is 1. The molecule has 0 saturated heterocycles. The van der Waals surface area contributed by atoms with Crippen LogP contribution in [0, 0.1) is 6.92 Å². The van der Waals surface area contributed by atoms with Gasteiger partial charge in [-0.25, -0.2) is 0 Å². The third-order valence-corrected chi connectivity index (χ3v) is 3.21. The number of nitrogens with one attached hydrogen (secondary N) is 1. The number of aliphatic hydroxyl groups excluding tert-OH is 1. The maximum absolute atomic E-state index is 11.9. The second kappa shape index (κ2) is 7.13. The van der Waals surface area contributed by atoms with Crippen LogP contribution in [0.5, 0.6) is 0 Å². The van der Waals surface area contributed by atoms with E-state index >= 15 is 0 Å². The molecule has 0 aromatic heterocycles. The Morgan fingerprint density at radius 1 is 1.44 bits per heavy atom. The number of amides is 1. The van der Waals surface area contributed by atoms with Crippen LogP contribution in [-0.2, 0) is 11.3 Å². The van der Waals surface area contributed by atoms with Gasteiger partial charge in [0.15, 0.2) is 0 Å². The molecule has 1 unspecified atom stereocenters. The summed E-state index contributed by atoms with van der Waals surface area (Å²) in [6, 6.07) is 7.76. The number of rotatable bonds is 6. The topological polar surface area (TPSA) is 52.6 Å². The van der Waals surface area contributed by atoms with Crippen molar-refractivity contribution in [3.63, 3.8) is 0 Å². The van der Waals surface area contributed by atoms with Crippen LogP contribution in [0.3, 0.4) is 0 Å². The number of hydrogen-bond acceptors (Lipinski definition) is 3. The first-order chi connectivity index (χ1) is 8.56. The van der Waals surface area contributed by atoms with Crippen LogP contribution in [0.1, 0.15) is 18.1 Å². The van der Waals surface area contributed by atoms with Gasteiger partial charge in [-0.3, -0.25) is 9.69 Å². The zero-order valence-corrected chi connectivity index (χ0v) is 11.3. The van der Waals surface area contributed by atoms with Gasteiger partial charge in [-0.15, -0.1) is 0 Å². The highest BCUT2D eigenvalue weighted by Crippen LogP contribution is 2.06. The number of aryl methyl sites for hydroxylation is 1. The first kappa shape index (κ1) is 14.7. The Bertz CT molecular complexity index is 393. The van der Waals surface area contributed by atoms with Crippen molar-refractivity contribution in [1.29, 1.82) is 0 Å². The Morgan fingerprint density at radius 2 is 2.11 bits per heavy atom. The molecule has 1 aromatic rings. The molecule has 100 valence electrons. The molecule has 0 bridgehead atoms. The lowest BCUT2D eigenvalue weighted by Crippen LogP contribution is -2.44. The highest BCUT2D eigenvalue weighted by atomic mass is 16.3.